The number of aliphatic hydroxyl groups excluding tert-OH is 1. The first kappa shape index (κ1) is 15.4. The summed E-state index contributed by atoms with van der Waals surface area (Å²) in [6.45, 7) is 1.46. The van der Waals surface area contributed by atoms with Crippen molar-refractivity contribution in [3.8, 4) is 0 Å². The van der Waals surface area contributed by atoms with Crippen molar-refractivity contribution in [3.63, 3.8) is 0 Å². The van der Waals surface area contributed by atoms with Crippen LogP contribution >= 0.6 is 0 Å². The van der Waals surface area contributed by atoms with Crippen LogP contribution in [0.3, 0.4) is 0 Å². The molecule has 2 N–H and O–H groups in total. The molecule has 7 heteroatoms. The predicted octanol–water partition coefficient (Wildman–Crippen LogP) is 0.890. The van der Waals surface area contributed by atoms with Crippen LogP contribution in [-0.4, -0.2) is 71.5 Å². The molecule has 122 valence electrons. The van der Waals surface area contributed by atoms with Gasteiger partial charge in [-0.1, -0.05) is 0 Å². The maximum atomic E-state index is 12.9. The van der Waals surface area contributed by atoms with Gasteiger partial charge >= 0.3 is 0 Å². The topological polar surface area (TPSA) is 64.5 Å². The zero-order chi connectivity index (χ0) is 15.7. The summed E-state index contributed by atoms with van der Waals surface area (Å²) in [5.74, 6) is 1.55. The molecule has 1 aromatic rings. The Hall–Kier alpha value is -1.47. The Bertz CT molecular complexity index is 508. The van der Waals surface area contributed by atoms with Crippen LogP contribution in [0.15, 0.2) is 12.4 Å². The lowest BCUT2D eigenvalue weighted by Crippen LogP contribution is -2.38. The monoisotopic (exact) mass is 309 g/mol. The van der Waals surface area contributed by atoms with E-state index in [2.05, 4.69) is 25.1 Å². The molecule has 0 amide bonds. The maximum Gasteiger partial charge on any atom is 0.134 e. The Morgan fingerprint density at radius 3 is 2.82 bits per heavy atom. The van der Waals surface area contributed by atoms with E-state index in [-0.39, 0.29) is 18.2 Å². The number of nitrogens with one attached hydrogen (secondary N) is 1. The Kier molecular flexibility index (Phi) is 4.44. The van der Waals surface area contributed by atoms with Crippen molar-refractivity contribution in [1.82, 2.24) is 14.9 Å². The highest BCUT2D eigenvalue weighted by Gasteiger charge is 2.33. The summed E-state index contributed by atoms with van der Waals surface area (Å²) in [6.07, 6.45) is 2.36. The van der Waals surface area contributed by atoms with E-state index in [1.54, 1.807) is 0 Å². The van der Waals surface area contributed by atoms with Crippen molar-refractivity contribution in [1.29, 1.82) is 0 Å². The van der Waals surface area contributed by atoms with Gasteiger partial charge in [0, 0.05) is 31.2 Å². The largest absolute Gasteiger partial charge is 0.391 e. The van der Waals surface area contributed by atoms with Crippen molar-refractivity contribution in [2.45, 2.75) is 43.6 Å². The Morgan fingerprint density at radius 1 is 1.36 bits per heavy atom. The first-order valence-corrected chi connectivity index (χ1v) is 7.83. The number of rotatable bonds is 5. The second-order valence-electron chi connectivity index (χ2n) is 6.63. The fourth-order valence-corrected chi connectivity index (χ4v) is 3.23. The van der Waals surface area contributed by atoms with Gasteiger partial charge in [0.15, 0.2) is 0 Å². The lowest BCUT2D eigenvalue weighted by molar-refractivity contribution is 0.191. The number of aromatic nitrogens is 2. The molecule has 3 rings (SSSR count). The quantitative estimate of drug-likeness (QED) is 0.842. The molecule has 1 saturated carbocycles. The number of alkyl halides is 1. The van der Waals surface area contributed by atoms with Gasteiger partial charge in [0.1, 0.15) is 24.1 Å². The van der Waals surface area contributed by atoms with Gasteiger partial charge in [0.05, 0.1) is 6.10 Å². The normalized spacial score (nSPS) is 31.4. The van der Waals surface area contributed by atoms with Gasteiger partial charge < -0.3 is 20.2 Å². The zero-order valence-corrected chi connectivity index (χ0v) is 13.1. The third kappa shape index (κ3) is 3.47. The molecule has 1 aliphatic carbocycles. The molecule has 6 nitrogen and oxygen atoms in total. The number of hydrogen-bond acceptors (Lipinski definition) is 6. The highest BCUT2D eigenvalue weighted by atomic mass is 19.1. The lowest BCUT2D eigenvalue weighted by atomic mass is 9.91. The minimum atomic E-state index is -0.683. The molecule has 1 aromatic heterocycles. The van der Waals surface area contributed by atoms with Gasteiger partial charge in [-0.05, 0) is 33.4 Å². The van der Waals surface area contributed by atoms with Crippen LogP contribution in [0.2, 0.25) is 0 Å². The van der Waals surface area contributed by atoms with E-state index < -0.39 is 6.17 Å². The fraction of sp³-hybridized carbons (Fsp3) is 0.733. The minimum Gasteiger partial charge on any atom is -0.391 e. The molecule has 0 unspecified atom stereocenters. The molecule has 0 bridgehead atoms. The summed E-state index contributed by atoms with van der Waals surface area (Å²) in [5, 5.41) is 13.2. The SMILES string of the molecule is CN(C)C[C@H]1C[C@@H](O)CN1c1cc(NC2CC(F)C2)ncn1. The molecule has 2 heterocycles. The molecule has 0 radical (unpaired) electrons. The van der Waals surface area contributed by atoms with Crippen LogP contribution in [0.4, 0.5) is 16.0 Å². The molecule has 0 spiro atoms. The Balaban J connectivity index is 1.70. The summed E-state index contributed by atoms with van der Waals surface area (Å²) in [7, 11) is 4.06. The maximum absolute atomic E-state index is 12.9. The van der Waals surface area contributed by atoms with Crippen molar-refractivity contribution in [3.05, 3.63) is 12.4 Å². The van der Waals surface area contributed by atoms with Crippen LogP contribution in [0, 0.1) is 0 Å². The van der Waals surface area contributed by atoms with Gasteiger partial charge in [-0.15, -0.1) is 0 Å². The number of aliphatic hydroxyl groups is 1. The summed E-state index contributed by atoms with van der Waals surface area (Å²) >= 11 is 0. The van der Waals surface area contributed by atoms with Crippen molar-refractivity contribution in [2.75, 3.05) is 37.4 Å². The predicted molar refractivity (Wildman–Crippen MR) is 83.9 cm³/mol. The summed E-state index contributed by atoms with van der Waals surface area (Å²) in [6, 6.07) is 2.30. The molecular weight excluding hydrogens is 285 g/mol. The number of likely N-dealkylation sites (N-methyl/N-ethyl adjacent to an activating group) is 1. The van der Waals surface area contributed by atoms with E-state index in [1.165, 1.54) is 6.33 Å². The van der Waals surface area contributed by atoms with E-state index >= 15 is 0 Å². The number of β-amino-alcohol motifs (C(OH)–C–C–N with tert-alkyl or cyclic N) is 1. The molecule has 2 atom stereocenters. The van der Waals surface area contributed by atoms with Gasteiger partial charge in [0.25, 0.3) is 0 Å². The van der Waals surface area contributed by atoms with Gasteiger partial charge in [-0.3, -0.25) is 0 Å². The van der Waals surface area contributed by atoms with E-state index in [9.17, 15) is 9.50 Å². The fourth-order valence-electron chi connectivity index (χ4n) is 3.23. The van der Waals surface area contributed by atoms with E-state index in [1.807, 2.05) is 20.2 Å². The van der Waals surface area contributed by atoms with Crippen molar-refractivity contribution in [2.24, 2.45) is 0 Å². The first-order valence-electron chi connectivity index (χ1n) is 7.83. The van der Waals surface area contributed by atoms with Gasteiger partial charge in [-0.2, -0.15) is 0 Å². The van der Waals surface area contributed by atoms with Crippen LogP contribution in [0.25, 0.3) is 0 Å². The highest BCUT2D eigenvalue weighted by Crippen LogP contribution is 2.29. The smallest absolute Gasteiger partial charge is 0.134 e. The minimum absolute atomic E-state index is 0.166. The molecule has 0 aromatic carbocycles. The van der Waals surface area contributed by atoms with Gasteiger partial charge in [0.2, 0.25) is 0 Å². The number of anilines is 2. The number of nitrogens with zero attached hydrogens (tertiary/aromatic N) is 4. The third-order valence-corrected chi connectivity index (χ3v) is 4.35. The Labute approximate surface area is 130 Å². The third-order valence-electron chi connectivity index (χ3n) is 4.35. The van der Waals surface area contributed by atoms with E-state index in [0.29, 0.717) is 19.4 Å². The highest BCUT2D eigenvalue weighted by molar-refractivity contribution is 5.51. The molecule has 1 saturated heterocycles. The Morgan fingerprint density at radius 2 is 2.14 bits per heavy atom. The van der Waals surface area contributed by atoms with Crippen molar-refractivity contribution < 1.29 is 9.50 Å². The number of hydrogen-bond donors (Lipinski definition) is 2. The standard InChI is InChI=1S/C15H24FN5O/c1-20(2)7-12-5-13(22)8-21(12)15-6-14(17-9-18-15)19-11-3-10(16)4-11/h6,9-13,22H,3-5,7-8H2,1-2H3,(H,17,18,19)/t10?,11?,12-,13-/m1/s1. The summed E-state index contributed by atoms with van der Waals surface area (Å²) in [4.78, 5) is 12.8. The van der Waals surface area contributed by atoms with Crippen LogP contribution in [-0.2, 0) is 0 Å². The molecule has 1 aliphatic heterocycles. The van der Waals surface area contributed by atoms with Gasteiger partial charge in [-0.25, -0.2) is 14.4 Å². The lowest BCUT2D eigenvalue weighted by Gasteiger charge is -2.31. The summed E-state index contributed by atoms with van der Waals surface area (Å²) < 4.78 is 12.9. The summed E-state index contributed by atoms with van der Waals surface area (Å²) in [5.41, 5.74) is 0. The molecule has 2 aliphatic rings. The van der Waals surface area contributed by atoms with Crippen LogP contribution < -0.4 is 10.2 Å². The second-order valence-corrected chi connectivity index (χ2v) is 6.63. The van der Waals surface area contributed by atoms with E-state index in [4.69, 9.17) is 0 Å². The van der Waals surface area contributed by atoms with E-state index in [0.717, 1.165) is 24.6 Å². The average Bonchev–Trinajstić information content (AvgIpc) is 2.77. The molecule has 22 heavy (non-hydrogen) atoms. The first-order chi connectivity index (χ1) is 10.5. The zero-order valence-electron chi connectivity index (χ0n) is 13.1. The number of halogens is 1. The molecule has 2 fully saturated rings. The van der Waals surface area contributed by atoms with Crippen molar-refractivity contribution >= 4 is 11.6 Å². The molecular formula is C15H24FN5O. The average molecular weight is 309 g/mol. The second kappa shape index (κ2) is 6.34. The van der Waals surface area contributed by atoms with Crippen LogP contribution in [0.5, 0.6) is 0 Å². The van der Waals surface area contributed by atoms with Crippen LogP contribution in [0.1, 0.15) is 19.3 Å².